The van der Waals surface area contributed by atoms with Gasteiger partial charge in [0.15, 0.2) is 0 Å². The van der Waals surface area contributed by atoms with Gasteiger partial charge in [0.2, 0.25) is 0 Å². The molecule has 0 aliphatic carbocycles. The van der Waals surface area contributed by atoms with Crippen molar-refractivity contribution in [3.05, 3.63) is 21.9 Å². The summed E-state index contributed by atoms with van der Waals surface area (Å²) in [5.41, 5.74) is 5.69. The fourth-order valence-corrected chi connectivity index (χ4v) is 2.36. The highest BCUT2D eigenvalue weighted by atomic mass is 32.1. The van der Waals surface area contributed by atoms with Crippen molar-refractivity contribution in [2.45, 2.75) is 26.3 Å². The molecule has 0 amide bonds. The minimum Gasteiger partial charge on any atom is -0.329 e. The lowest BCUT2D eigenvalue weighted by Gasteiger charge is -2.13. The van der Waals surface area contributed by atoms with Crippen molar-refractivity contribution in [1.29, 1.82) is 0 Å². The summed E-state index contributed by atoms with van der Waals surface area (Å²) in [6.07, 6.45) is 1.12. The molecule has 1 heterocycles. The van der Waals surface area contributed by atoms with E-state index in [-0.39, 0.29) is 0 Å². The van der Waals surface area contributed by atoms with Gasteiger partial charge < -0.3 is 11.1 Å². The van der Waals surface area contributed by atoms with Crippen LogP contribution in [0, 0.1) is 0 Å². The maximum absolute atomic E-state index is 5.69. The van der Waals surface area contributed by atoms with Crippen molar-refractivity contribution in [3.8, 4) is 0 Å². The van der Waals surface area contributed by atoms with E-state index >= 15 is 0 Å². The molecule has 0 aliphatic heterocycles. The highest BCUT2D eigenvalue weighted by Gasteiger charge is 2.09. The van der Waals surface area contributed by atoms with E-state index in [1.54, 1.807) is 0 Å². The van der Waals surface area contributed by atoms with Crippen LogP contribution in [0.4, 0.5) is 0 Å². The van der Waals surface area contributed by atoms with Gasteiger partial charge in [-0.25, -0.2) is 0 Å². The van der Waals surface area contributed by atoms with Gasteiger partial charge in [0.05, 0.1) is 6.04 Å². The summed E-state index contributed by atoms with van der Waals surface area (Å²) < 4.78 is 0. The van der Waals surface area contributed by atoms with Gasteiger partial charge in [-0.3, -0.25) is 0 Å². The fourth-order valence-electron chi connectivity index (χ4n) is 1.32. The Kier molecular flexibility index (Phi) is 4.42. The van der Waals surface area contributed by atoms with Crippen LogP contribution in [0.1, 0.15) is 29.6 Å². The molecule has 0 spiro atoms. The molecule has 1 atom stereocenters. The van der Waals surface area contributed by atoms with E-state index in [1.807, 2.05) is 11.3 Å². The molecule has 2 nitrogen and oxygen atoms in total. The molecule has 3 N–H and O–H groups in total. The molecular weight excluding hydrogens is 180 g/mol. The first-order valence-electron chi connectivity index (χ1n) is 4.83. The largest absolute Gasteiger partial charge is 0.329 e. The second-order valence-corrected chi connectivity index (χ2v) is 4.20. The minimum absolute atomic E-state index is 0.343. The normalized spacial score (nSPS) is 13.2. The Balaban J connectivity index is 2.67. The van der Waals surface area contributed by atoms with E-state index < -0.39 is 0 Å². The van der Waals surface area contributed by atoms with Crippen LogP contribution in [-0.4, -0.2) is 13.1 Å². The van der Waals surface area contributed by atoms with Gasteiger partial charge in [0.1, 0.15) is 0 Å². The minimum atomic E-state index is 0.343. The van der Waals surface area contributed by atoms with Gasteiger partial charge in [0.25, 0.3) is 0 Å². The molecule has 3 heteroatoms. The maximum atomic E-state index is 5.69. The summed E-state index contributed by atoms with van der Waals surface area (Å²) in [6, 6.07) is 4.72. The van der Waals surface area contributed by atoms with Crippen molar-refractivity contribution in [2.24, 2.45) is 5.73 Å². The lowest BCUT2D eigenvalue weighted by Crippen LogP contribution is -2.27. The van der Waals surface area contributed by atoms with Crippen molar-refractivity contribution in [3.63, 3.8) is 0 Å². The Labute approximate surface area is 84.2 Å². The second-order valence-electron chi connectivity index (χ2n) is 3.00. The van der Waals surface area contributed by atoms with Crippen LogP contribution in [0.15, 0.2) is 12.1 Å². The zero-order valence-electron chi connectivity index (χ0n) is 8.34. The van der Waals surface area contributed by atoms with Crippen LogP contribution in [-0.2, 0) is 6.42 Å². The topological polar surface area (TPSA) is 38.0 Å². The molecule has 0 fully saturated rings. The summed E-state index contributed by atoms with van der Waals surface area (Å²) in [7, 11) is 0. The first kappa shape index (κ1) is 10.7. The number of nitrogens with two attached hydrogens (primary N) is 1. The molecule has 74 valence electrons. The van der Waals surface area contributed by atoms with Crippen LogP contribution in [0.2, 0.25) is 0 Å². The Morgan fingerprint density at radius 3 is 2.69 bits per heavy atom. The number of hydrogen-bond acceptors (Lipinski definition) is 3. The highest BCUT2D eigenvalue weighted by Crippen LogP contribution is 2.22. The zero-order chi connectivity index (χ0) is 9.68. The van der Waals surface area contributed by atoms with Crippen molar-refractivity contribution in [1.82, 2.24) is 5.32 Å². The third-order valence-electron chi connectivity index (χ3n) is 2.06. The number of aryl methyl sites for hydroxylation is 1. The fraction of sp³-hybridized carbons (Fsp3) is 0.600. The Morgan fingerprint density at radius 1 is 1.46 bits per heavy atom. The van der Waals surface area contributed by atoms with Gasteiger partial charge in [-0.1, -0.05) is 13.8 Å². The van der Waals surface area contributed by atoms with Crippen molar-refractivity contribution >= 4 is 11.3 Å². The van der Waals surface area contributed by atoms with Crippen LogP contribution >= 0.6 is 11.3 Å². The monoisotopic (exact) mass is 198 g/mol. The quantitative estimate of drug-likeness (QED) is 0.758. The summed E-state index contributed by atoms with van der Waals surface area (Å²) in [4.78, 5) is 2.80. The molecule has 0 saturated heterocycles. The molecular formula is C10H18N2S. The first-order chi connectivity index (χ1) is 6.31. The average molecular weight is 198 g/mol. The summed E-state index contributed by atoms with van der Waals surface area (Å²) in [5.74, 6) is 0. The maximum Gasteiger partial charge on any atom is 0.0539 e. The van der Waals surface area contributed by atoms with Gasteiger partial charge in [0, 0.05) is 16.3 Å². The molecule has 1 unspecified atom stereocenters. The van der Waals surface area contributed by atoms with Crippen molar-refractivity contribution < 1.29 is 0 Å². The average Bonchev–Trinajstić information content (AvgIpc) is 2.62. The predicted octanol–water partition coefficient (Wildman–Crippen LogP) is 1.92. The van der Waals surface area contributed by atoms with E-state index in [0.717, 1.165) is 13.0 Å². The standard InChI is InChI=1S/C10H18N2S/c1-3-8-5-6-10(13-8)9(7-11)12-4-2/h5-6,9,12H,3-4,7,11H2,1-2H3. The number of nitrogens with one attached hydrogen (secondary N) is 1. The van der Waals surface area contributed by atoms with Crippen LogP contribution in [0.25, 0.3) is 0 Å². The van der Waals surface area contributed by atoms with Gasteiger partial charge in [-0.15, -0.1) is 11.3 Å². The van der Waals surface area contributed by atoms with Gasteiger partial charge in [-0.2, -0.15) is 0 Å². The molecule has 0 aliphatic rings. The first-order valence-corrected chi connectivity index (χ1v) is 5.65. The second kappa shape index (κ2) is 5.37. The Bertz CT molecular complexity index is 245. The van der Waals surface area contributed by atoms with Crippen molar-refractivity contribution in [2.75, 3.05) is 13.1 Å². The van der Waals surface area contributed by atoms with Gasteiger partial charge >= 0.3 is 0 Å². The zero-order valence-corrected chi connectivity index (χ0v) is 9.16. The van der Waals surface area contributed by atoms with Gasteiger partial charge in [-0.05, 0) is 25.1 Å². The van der Waals surface area contributed by atoms with Crippen LogP contribution in [0.5, 0.6) is 0 Å². The lowest BCUT2D eigenvalue weighted by molar-refractivity contribution is 0.570. The van der Waals surface area contributed by atoms with E-state index in [2.05, 4.69) is 31.3 Å². The predicted molar refractivity (Wildman–Crippen MR) is 59.2 cm³/mol. The third kappa shape index (κ3) is 2.79. The summed E-state index contributed by atoms with van der Waals surface area (Å²) >= 11 is 1.86. The summed E-state index contributed by atoms with van der Waals surface area (Å²) in [5, 5.41) is 3.37. The summed E-state index contributed by atoms with van der Waals surface area (Å²) in [6.45, 7) is 5.94. The van der Waals surface area contributed by atoms with Crippen LogP contribution in [0.3, 0.4) is 0 Å². The van der Waals surface area contributed by atoms with E-state index in [4.69, 9.17) is 5.73 Å². The number of hydrogen-bond donors (Lipinski definition) is 2. The van der Waals surface area contributed by atoms with E-state index in [0.29, 0.717) is 12.6 Å². The number of rotatable bonds is 5. The Hall–Kier alpha value is -0.380. The van der Waals surface area contributed by atoms with E-state index in [9.17, 15) is 0 Å². The Morgan fingerprint density at radius 2 is 2.23 bits per heavy atom. The van der Waals surface area contributed by atoms with E-state index in [1.165, 1.54) is 9.75 Å². The molecule has 0 aromatic carbocycles. The molecule has 0 saturated carbocycles. The molecule has 0 bridgehead atoms. The molecule has 0 radical (unpaired) electrons. The lowest BCUT2D eigenvalue weighted by atomic mass is 10.2. The highest BCUT2D eigenvalue weighted by molar-refractivity contribution is 7.12. The molecule has 1 aromatic heterocycles. The molecule has 1 aromatic rings. The smallest absolute Gasteiger partial charge is 0.0539 e. The molecule has 13 heavy (non-hydrogen) atoms. The number of likely N-dealkylation sites (N-methyl/N-ethyl adjacent to an activating group) is 1. The third-order valence-corrected chi connectivity index (χ3v) is 3.40. The SMILES string of the molecule is CCNC(CN)c1ccc(CC)s1. The molecule has 1 rings (SSSR count). The van der Waals surface area contributed by atoms with Crippen LogP contribution < -0.4 is 11.1 Å². The number of thiophene rings is 1.